The number of pyridine rings is 2. The zero-order chi connectivity index (χ0) is 37.3. The Morgan fingerprint density at radius 1 is 0.963 bits per heavy atom. The summed E-state index contributed by atoms with van der Waals surface area (Å²) in [7, 11) is 0. The lowest BCUT2D eigenvalue weighted by atomic mass is 9.86. The van der Waals surface area contributed by atoms with Gasteiger partial charge in [-0.2, -0.15) is 5.26 Å². The number of hydrogen-bond acceptors (Lipinski definition) is 10. The molecule has 1 aliphatic heterocycles. The summed E-state index contributed by atoms with van der Waals surface area (Å²) in [5.74, 6) is 0.169. The van der Waals surface area contributed by atoms with Crippen molar-refractivity contribution in [3.05, 3.63) is 101 Å². The summed E-state index contributed by atoms with van der Waals surface area (Å²) in [4.78, 5) is 28.0. The Morgan fingerprint density at radius 2 is 1.74 bits per heavy atom. The Balaban J connectivity index is 1.03. The minimum absolute atomic E-state index is 0.243. The normalized spacial score (nSPS) is 19.0. The van der Waals surface area contributed by atoms with Crippen molar-refractivity contribution in [1.82, 2.24) is 25.2 Å². The van der Waals surface area contributed by atoms with Crippen LogP contribution in [0.5, 0.6) is 0 Å². The molecule has 2 fully saturated rings. The smallest absolute Gasteiger partial charge is 0.306 e. The Labute approximate surface area is 313 Å². The number of anilines is 2. The van der Waals surface area contributed by atoms with E-state index in [1.807, 2.05) is 48.7 Å². The summed E-state index contributed by atoms with van der Waals surface area (Å²) in [5.41, 5.74) is 10.3. The maximum atomic E-state index is 11.3. The third-order valence-electron chi connectivity index (χ3n) is 11.1. The number of fused-ring (bicyclic) bond motifs is 2. The number of likely N-dealkylation sites (tertiary alicyclic amines) is 1. The molecular formula is C43H43N7O4. The van der Waals surface area contributed by atoms with Crippen molar-refractivity contribution in [2.24, 2.45) is 5.92 Å². The van der Waals surface area contributed by atoms with Crippen molar-refractivity contribution in [1.29, 1.82) is 5.26 Å². The molecule has 0 spiro atoms. The molecule has 1 saturated carbocycles. The molecule has 0 amide bonds. The number of nitrogens with zero attached hydrogens (tertiary/aromatic N) is 5. The molecule has 6 aromatic rings. The second kappa shape index (κ2) is 15.0. The fourth-order valence-electron chi connectivity index (χ4n) is 8.04. The number of carboxylic acid groups (broad SMARTS) is 1. The van der Waals surface area contributed by atoms with E-state index in [4.69, 9.17) is 14.4 Å². The van der Waals surface area contributed by atoms with Gasteiger partial charge in [-0.05, 0) is 116 Å². The third kappa shape index (κ3) is 7.16. The average molecular weight is 722 g/mol. The maximum absolute atomic E-state index is 11.3. The summed E-state index contributed by atoms with van der Waals surface area (Å²) in [6, 6.07) is 22.8. The molecule has 0 radical (unpaired) electrons. The molecule has 1 unspecified atom stereocenters. The van der Waals surface area contributed by atoms with Crippen molar-refractivity contribution in [3.63, 3.8) is 0 Å². The fraction of sp³-hybridized carbons (Fsp3) is 0.326. The van der Waals surface area contributed by atoms with E-state index in [1.165, 1.54) is 0 Å². The Bertz CT molecular complexity index is 2410. The predicted octanol–water partition coefficient (Wildman–Crippen LogP) is 7.64. The van der Waals surface area contributed by atoms with E-state index in [-0.39, 0.29) is 18.1 Å². The first-order valence-electron chi connectivity index (χ1n) is 18.6. The van der Waals surface area contributed by atoms with Crippen molar-refractivity contribution in [3.8, 4) is 28.7 Å². The lowest BCUT2D eigenvalue weighted by molar-refractivity contribution is -0.142. The molecule has 2 aliphatic rings. The van der Waals surface area contributed by atoms with Gasteiger partial charge in [-0.25, -0.2) is 9.97 Å². The molecule has 8 rings (SSSR count). The van der Waals surface area contributed by atoms with Crippen LogP contribution in [-0.4, -0.2) is 61.3 Å². The molecule has 1 atom stereocenters. The minimum Gasteiger partial charge on any atom is -0.481 e. The van der Waals surface area contributed by atoms with Crippen LogP contribution in [0.2, 0.25) is 0 Å². The SMILES string of the molecule is Cc1c(Nc2nccc3cc(CN4CCC(O)C4)cnc23)cccc1-c1cccc(-c2nc3cc(CNC4CCC(C(=O)O)CC4)cc(C#N)c3o2)c1C. The van der Waals surface area contributed by atoms with E-state index >= 15 is 0 Å². The lowest BCUT2D eigenvalue weighted by Crippen LogP contribution is -2.34. The van der Waals surface area contributed by atoms with Gasteiger partial charge in [0.15, 0.2) is 11.4 Å². The zero-order valence-corrected chi connectivity index (χ0v) is 30.5. The molecule has 11 nitrogen and oxygen atoms in total. The molecule has 0 bridgehead atoms. The van der Waals surface area contributed by atoms with Crippen LogP contribution in [0, 0.1) is 31.1 Å². The molecule has 3 aromatic heterocycles. The topological polar surface area (TPSA) is 160 Å². The van der Waals surface area contributed by atoms with Gasteiger partial charge in [0.2, 0.25) is 5.89 Å². The van der Waals surface area contributed by atoms with Crippen LogP contribution in [0.1, 0.15) is 59.9 Å². The highest BCUT2D eigenvalue weighted by atomic mass is 16.4. The molecule has 274 valence electrons. The summed E-state index contributed by atoms with van der Waals surface area (Å²) >= 11 is 0. The summed E-state index contributed by atoms with van der Waals surface area (Å²) < 4.78 is 6.30. The third-order valence-corrected chi connectivity index (χ3v) is 11.1. The number of aliphatic hydroxyl groups is 1. The number of nitrogens with one attached hydrogen (secondary N) is 2. The number of oxazole rings is 1. The highest BCUT2D eigenvalue weighted by Gasteiger charge is 2.26. The van der Waals surface area contributed by atoms with E-state index in [0.29, 0.717) is 54.3 Å². The van der Waals surface area contributed by atoms with Gasteiger partial charge in [-0.3, -0.25) is 14.7 Å². The van der Waals surface area contributed by atoms with Crippen LogP contribution in [0.15, 0.2) is 77.5 Å². The number of carboxylic acids is 1. The highest BCUT2D eigenvalue weighted by molar-refractivity contribution is 5.91. The summed E-state index contributed by atoms with van der Waals surface area (Å²) in [5, 5.41) is 37.4. The Morgan fingerprint density at radius 3 is 2.50 bits per heavy atom. The molecule has 4 heterocycles. The number of aliphatic hydroxyl groups excluding tert-OH is 1. The summed E-state index contributed by atoms with van der Waals surface area (Å²) in [6.45, 7) is 7.05. The first kappa shape index (κ1) is 35.4. The first-order valence-corrected chi connectivity index (χ1v) is 18.6. The van der Waals surface area contributed by atoms with Crippen LogP contribution >= 0.6 is 0 Å². The van der Waals surface area contributed by atoms with Gasteiger partial charge in [-0.15, -0.1) is 0 Å². The average Bonchev–Trinajstić information content (AvgIpc) is 3.80. The largest absolute Gasteiger partial charge is 0.481 e. The second-order valence-electron chi connectivity index (χ2n) is 14.7. The number of rotatable bonds is 10. The van der Waals surface area contributed by atoms with Crippen molar-refractivity contribution in [2.75, 3.05) is 18.4 Å². The van der Waals surface area contributed by atoms with E-state index < -0.39 is 5.97 Å². The van der Waals surface area contributed by atoms with Crippen molar-refractivity contribution >= 4 is 39.5 Å². The number of nitriles is 1. The van der Waals surface area contributed by atoms with Crippen LogP contribution in [0.4, 0.5) is 11.5 Å². The lowest BCUT2D eigenvalue weighted by Gasteiger charge is -2.27. The Hall–Kier alpha value is -5.67. The first-order chi connectivity index (χ1) is 26.2. The van der Waals surface area contributed by atoms with Crippen LogP contribution in [0.3, 0.4) is 0 Å². The van der Waals surface area contributed by atoms with Crippen molar-refractivity contribution in [2.45, 2.75) is 71.2 Å². The predicted molar refractivity (Wildman–Crippen MR) is 208 cm³/mol. The van der Waals surface area contributed by atoms with E-state index in [1.54, 1.807) is 6.20 Å². The summed E-state index contributed by atoms with van der Waals surface area (Å²) in [6.07, 6.45) is 7.24. The molecule has 11 heteroatoms. The zero-order valence-electron chi connectivity index (χ0n) is 30.5. The van der Waals surface area contributed by atoms with E-state index in [9.17, 15) is 20.3 Å². The Kier molecular flexibility index (Phi) is 9.82. The molecular weight excluding hydrogens is 679 g/mol. The monoisotopic (exact) mass is 721 g/mol. The van der Waals surface area contributed by atoms with E-state index in [0.717, 1.165) is 87.9 Å². The van der Waals surface area contributed by atoms with Crippen LogP contribution in [0.25, 0.3) is 44.6 Å². The number of hydrogen-bond donors (Lipinski definition) is 4. The van der Waals surface area contributed by atoms with Gasteiger partial charge < -0.3 is 25.3 Å². The van der Waals surface area contributed by atoms with E-state index in [2.05, 4.69) is 58.6 Å². The number of benzene rings is 3. The van der Waals surface area contributed by atoms with Gasteiger partial charge in [0.1, 0.15) is 17.1 Å². The van der Waals surface area contributed by atoms with Gasteiger partial charge in [0, 0.05) is 61.3 Å². The second-order valence-corrected chi connectivity index (χ2v) is 14.7. The van der Waals surface area contributed by atoms with Gasteiger partial charge >= 0.3 is 5.97 Å². The van der Waals surface area contributed by atoms with Crippen LogP contribution < -0.4 is 10.6 Å². The van der Waals surface area contributed by atoms with Gasteiger partial charge in [-0.1, -0.05) is 24.3 Å². The number of aliphatic carboxylic acids is 1. The number of β-amino-alcohol motifs (C(OH)–C–C–N with tert-alkyl or cyclic N) is 1. The number of carbonyl (C=O) groups is 1. The quantitative estimate of drug-likeness (QED) is 0.110. The molecule has 3 aromatic carbocycles. The van der Waals surface area contributed by atoms with Crippen LogP contribution in [-0.2, 0) is 17.9 Å². The standard InChI is InChI=1S/C43H43N7O4/c1-25-34(35-6-4-8-37(26(35)2)48-41-39-30(13-15-45-41)18-28(22-47-39)23-50-16-14-33(51)24-50)5-3-7-36(25)42-49-38-19-27(17-31(20-44)40(38)54-42)21-46-32-11-9-29(10-12-32)43(52)53/h3-8,13,15,17-19,22,29,32-33,46,51H,9-12,14,16,21,23-24H2,1-2H3,(H,45,48)(H,52,53). The maximum Gasteiger partial charge on any atom is 0.306 e. The highest BCUT2D eigenvalue weighted by Crippen LogP contribution is 2.38. The van der Waals surface area contributed by atoms with Crippen molar-refractivity contribution < 1.29 is 19.4 Å². The number of aromatic nitrogens is 3. The van der Waals surface area contributed by atoms with Gasteiger partial charge in [0.25, 0.3) is 0 Å². The fourth-order valence-corrected chi connectivity index (χ4v) is 8.04. The molecule has 54 heavy (non-hydrogen) atoms. The van der Waals surface area contributed by atoms with Gasteiger partial charge in [0.05, 0.1) is 17.6 Å². The molecule has 1 aliphatic carbocycles. The molecule has 4 N–H and O–H groups in total. The minimum atomic E-state index is -0.709. The molecule has 1 saturated heterocycles.